The van der Waals surface area contributed by atoms with Gasteiger partial charge in [-0.2, -0.15) is 0 Å². The van der Waals surface area contributed by atoms with Crippen molar-refractivity contribution in [2.75, 3.05) is 5.32 Å². The third-order valence-electron chi connectivity index (χ3n) is 7.08. The van der Waals surface area contributed by atoms with E-state index in [1.165, 1.54) is 0 Å². The first-order valence-corrected chi connectivity index (χ1v) is 12.9. The molecular formula is C33H30N2O3. The second-order valence-corrected chi connectivity index (χ2v) is 10.7. The summed E-state index contributed by atoms with van der Waals surface area (Å²) in [7, 11) is 0. The van der Waals surface area contributed by atoms with Crippen molar-refractivity contribution in [1.82, 2.24) is 4.98 Å². The number of ether oxygens (including phenoxy) is 1. The topological polar surface area (TPSA) is 64.4 Å². The van der Waals surface area contributed by atoms with E-state index in [9.17, 15) is 4.79 Å². The van der Waals surface area contributed by atoms with Crippen molar-refractivity contribution in [2.24, 2.45) is 0 Å². The molecule has 0 saturated heterocycles. The molecule has 0 aliphatic carbocycles. The number of oxazole rings is 1. The molecule has 0 saturated carbocycles. The maximum atomic E-state index is 13.0. The maximum Gasteiger partial charge on any atom is 0.255 e. The molecule has 6 rings (SSSR count). The van der Waals surface area contributed by atoms with Crippen molar-refractivity contribution in [3.63, 3.8) is 0 Å². The zero-order valence-electron chi connectivity index (χ0n) is 22.1. The zero-order chi connectivity index (χ0) is 26.4. The number of hydrogen-bond acceptors (Lipinski definition) is 4. The van der Waals surface area contributed by atoms with Crippen LogP contribution in [-0.4, -0.2) is 16.5 Å². The highest BCUT2D eigenvalue weighted by Crippen LogP contribution is 2.44. The molecule has 5 heteroatoms. The van der Waals surface area contributed by atoms with Crippen LogP contribution in [0.5, 0.6) is 5.75 Å². The van der Waals surface area contributed by atoms with Gasteiger partial charge in [0.2, 0.25) is 5.89 Å². The fourth-order valence-electron chi connectivity index (χ4n) is 5.37. The summed E-state index contributed by atoms with van der Waals surface area (Å²) in [5.74, 6) is 1.21. The van der Waals surface area contributed by atoms with Crippen LogP contribution >= 0.6 is 0 Å². The fraction of sp³-hybridized carbons (Fsp3) is 0.212. The van der Waals surface area contributed by atoms with Gasteiger partial charge in [-0.1, -0.05) is 48.0 Å². The van der Waals surface area contributed by atoms with Crippen LogP contribution in [0.2, 0.25) is 0 Å². The van der Waals surface area contributed by atoms with E-state index >= 15 is 0 Å². The summed E-state index contributed by atoms with van der Waals surface area (Å²) in [4.78, 5) is 17.8. The lowest BCUT2D eigenvalue weighted by atomic mass is 9.90. The summed E-state index contributed by atoms with van der Waals surface area (Å²) in [6, 6.07) is 25.9. The van der Waals surface area contributed by atoms with Gasteiger partial charge >= 0.3 is 0 Å². The molecular weight excluding hydrogens is 472 g/mol. The van der Waals surface area contributed by atoms with E-state index in [4.69, 9.17) is 14.1 Å². The molecule has 1 unspecified atom stereocenters. The van der Waals surface area contributed by atoms with Gasteiger partial charge in [0.25, 0.3) is 5.91 Å². The number of anilines is 1. The normalized spacial score (nSPS) is 16.3. The summed E-state index contributed by atoms with van der Waals surface area (Å²) < 4.78 is 12.9. The quantitative estimate of drug-likeness (QED) is 0.269. The molecule has 1 atom stereocenters. The molecule has 0 radical (unpaired) electrons. The van der Waals surface area contributed by atoms with Crippen LogP contribution in [0.4, 0.5) is 5.69 Å². The molecule has 38 heavy (non-hydrogen) atoms. The molecule has 1 aromatic heterocycles. The van der Waals surface area contributed by atoms with E-state index in [0.717, 1.165) is 56.7 Å². The summed E-state index contributed by atoms with van der Waals surface area (Å²) in [5, 5.41) is 3.09. The predicted octanol–water partition coefficient (Wildman–Crippen LogP) is 7.61. The number of nitrogens with one attached hydrogen (secondary N) is 1. The summed E-state index contributed by atoms with van der Waals surface area (Å²) in [6.45, 7) is 8.25. The number of carbonyl (C=O) groups is 1. The molecule has 2 heterocycles. The highest BCUT2D eigenvalue weighted by Gasteiger charge is 2.38. The van der Waals surface area contributed by atoms with E-state index < -0.39 is 5.60 Å². The Balaban J connectivity index is 1.30. The number of benzene rings is 4. The van der Waals surface area contributed by atoms with Gasteiger partial charge in [-0.25, -0.2) is 4.98 Å². The van der Waals surface area contributed by atoms with E-state index in [0.29, 0.717) is 23.6 Å². The van der Waals surface area contributed by atoms with Crippen molar-refractivity contribution in [1.29, 1.82) is 0 Å². The molecule has 1 aliphatic heterocycles. The molecule has 1 amide bonds. The minimum atomic E-state index is -0.500. The van der Waals surface area contributed by atoms with Crippen molar-refractivity contribution >= 4 is 22.7 Å². The van der Waals surface area contributed by atoms with Crippen molar-refractivity contribution in [3.8, 4) is 17.2 Å². The van der Waals surface area contributed by atoms with Crippen molar-refractivity contribution in [3.05, 3.63) is 112 Å². The molecule has 1 N–H and O–H groups in total. The number of fused-ring (bicyclic) bond motifs is 2. The summed E-state index contributed by atoms with van der Waals surface area (Å²) >= 11 is 0. The van der Waals surface area contributed by atoms with Gasteiger partial charge in [0.15, 0.2) is 5.58 Å². The molecule has 190 valence electrons. The number of rotatable bonds is 5. The Bertz CT molecular complexity index is 1670. The van der Waals surface area contributed by atoms with E-state index in [1.54, 1.807) is 0 Å². The van der Waals surface area contributed by atoms with Gasteiger partial charge in [0, 0.05) is 35.1 Å². The summed E-state index contributed by atoms with van der Waals surface area (Å²) in [6.07, 6.45) is 1.38. The number of carbonyl (C=O) groups excluding carboxylic acids is 1. The largest absolute Gasteiger partial charge is 0.484 e. The third-order valence-corrected chi connectivity index (χ3v) is 7.08. The Morgan fingerprint density at radius 2 is 1.66 bits per heavy atom. The highest BCUT2D eigenvalue weighted by atomic mass is 16.5. The minimum Gasteiger partial charge on any atom is -0.484 e. The Labute approximate surface area is 222 Å². The Hall–Kier alpha value is -4.38. The van der Waals surface area contributed by atoms with Crippen LogP contribution in [0.25, 0.3) is 22.6 Å². The van der Waals surface area contributed by atoms with Crippen LogP contribution in [0.1, 0.15) is 45.1 Å². The lowest BCUT2D eigenvalue weighted by Gasteiger charge is -2.25. The Morgan fingerprint density at radius 1 is 0.921 bits per heavy atom. The zero-order valence-corrected chi connectivity index (χ0v) is 22.1. The lowest BCUT2D eigenvalue weighted by molar-refractivity contribution is 0.102. The molecule has 5 aromatic rings. The Morgan fingerprint density at radius 3 is 2.42 bits per heavy atom. The average Bonchev–Trinajstić information content (AvgIpc) is 3.45. The maximum absolute atomic E-state index is 13.0. The monoisotopic (exact) mass is 502 g/mol. The van der Waals surface area contributed by atoms with E-state index in [-0.39, 0.29) is 5.91 Å². The Kier molecular flexibility index (Phi) is 5.79. The van der Waals surface area contributed by atoms with Crippen LogP contribution in [0, 0.1) is 20.8 Å². The predicted molar refractivity (Wildman–Crippen MR) is 151 cm³/mol. The highest BCUT2D eigenvalue weighted by molar-refractivity contribution is 6.05. The van der Waals surface area contributed by atoms with Crippen LogP contribution < -0.4 is 10.1 Å². The van der Waals surface area contributed by atoms with Gasteiger partial charge in [-0.3, -0.25) is 4.79 Å². The van der Waals surface area contributed by atoms with Gasteiger partial charge in [0.05, 0.1) is 5.69 Å². The van der Waals surface area contributed by atoms with Crippen molar-refractivity contribution in [2.45, 2.75) is 46.1 Å². The van der Waals surface area contributed by atoms with Crippen LogP contribution in [0.15, 0.2) is 83.3 Å². The number of aromatic nitrogens is 1. The minimum absolute atomic E-state index is 0.148. The molecule has 0 spiro atoms. The van der Waals surface area contributed by atoms with Gasteiger partial charge in [-0.15, -0.1) is 0 Å². The SMILES string of the molecule is Cc1ccc(C(=O)Nc2cc(C)cc3c2OC(C)(Cc2cc(C)cc4nc(-c5ccccc5)oc24)C3)cc1. The first kappa shape index (κ1) is 24.0. The van der Waals surface area contributed by atoms with Crippen LogP contribution in [-0.2, 0) is 12.8 Å². The second-order valence-electron chi connectivity index (χ2n) is 10.7. The molecule has 4 aromatic carbocycles. The smallest absolute Gasteiger partial charge is 0.255 e. The average molecular weight is 503 g/mol. The fourth-order valence-corrected chi connectivity index (χ4v) is 5.37. The number of hydrogen-bond donors (Lipinski definition) is 1. The number of aryl methyl sites for hydroxylation is 3. The molecule has 5 nitrogen and oxygen atoms in total. The van der Waals surface area contributed by atoms with E-state index in [1.807, 2.05) is 74.5 Å². The first-order valence-electron chi connectivity index (χ1n) is 12.9. The van der Waals surface area contributed by atoms with E-state index in [2.05, 4.69) is 37.4 Å². The van der Waals surface area contributed by atoms with Gasteiger partial charge < -0.3 is 14.5 Å². The molecule has 0 bridgehead atoms. The standard InChI is InChI=1S/C33H30N2O3/c1-20-10-12-23(13-11-20)31(36)34-28-17-22(3)15-26-19-33(4,38-30(26)28)18-25-14-21(2)16-27-29(25)37-32(35-27)24-8-6-5-7-9-24/h5-17H,18-19H2,1-4H3,(H,34,36). The number of nitrogens with zero attached hydrogens (tertiary/aromatic N) is 1. The van der Waals surface area contributed by atoms with Crippen molar-refractivity contribution < 1.29 is 13.9 Å². The molecule has 1 aliphatic rings. The second kappa shape index (κ2) is 9.18. The first-order chi connectivity index (χ1) is 18.3. The van der Waals surface area contributed by atoms with Gasteiger partial charge in [-0.05, 0) is 75.2 Å². The molecule has 0 fully saturated rings. The lowest BCUT2D eigenvalue weighted by Crippen LogP contribution is -2.33. The number of amides is 1. The summed E-state index contributed by atoms with van der Waals surface area (Å²) in [5.41, 5.74) is 8.89. The van der Waals surface area contributed by atoms with Crippen LogP contribution in [0.3, 0.4) is 0 Å². The third kappa shape index (κ3) is 4.56. The van der Waals surface area contributed by atoms with Gasteiger partial charge in [0.1, 0.15) is 16.9 Å².